The molecule has 1 saturated carbocycles. The second kappa shape index (κ2) is 3.39. The van der Waals surface area contributed by atoms with Crippen molar-refractivity contribution in [3.8, 4) is 0 Å². The first-order valence-electron chi connectivity index (χ1n) is 3.46. The lowest BCUT2D eigenvalue weighted by molar-refractivity contribution is -0.132. The summed E-state index contributed by atoms with van der Waals surface area (Å²) in [6.45, 7) is 2.68. The molecule has 0 amide bonds. The van der Waals surface area contributed by atoms with Gasteiger partial charge in [0.2, 0.25) is 0 Å². The van der Waals surface area contributed by atoms with Gasteiger partial charge in [0.15, 0.2) is 5.78 Å². The fraction of sp³-hybridized carbons (Fsp3) is 0.857. The van der Waals surface area contributed by atoms with Gasteiger partial charge in [0.25, 0.3) is 0 Å². The Kier molecular flexibility index (Phi) is 2.74. The number of rotatable bonds is 3. The van der Waals surface area contributed by atoms with Gasteiger partial charge in [0, 0.05) is 13.0 Å². The molecular formula is C7H12O2S. The lowest BCUT2D eigenvalue weighted by Gasteiger charge is -2.32. The highest BCUT2D eigenvalue weighted by Crippen LogP contribution is 2.29. The summed E-state index contributed by atoms with van der Waals surface area (Å²) in [6.07, 6.45) is 2.78. The largest absolute Gasteiger partial charge is 0.376 e. The van der Waals surface area contributed by atoms with E-state index in [0.29, 0.717) is 12.2 Å². The Morgan fingerprint density at radius 2 is 2.50 bits per heavy atom. The van der Waals surface area contributed by atoms with Crippen LogP contribution in [0.15, 0.2) is 0 Å². The van der Waals surface area contributed by atoms with E-state index in [1.54, 1.807) is 11.8 Å². The minimum absolute atomic E-state index is 0.125. The second-order valence-corrected chi connectivity index (χ2v) is 3.30. The predicted octanol–water partition coefficient (Wildman–Crippen LogP) is 1.10. The molecule has 0 aromatic rings. The van der Waals surface area contributed by atoms with E-state index in [2.05, 4.69) is 0 Å². The molecule has 2 nitrogen and oxygen atoms in total. The molecule has 0 unspecified atom stereocenters. The first-order valence-corrected chi connectivity index (χ1v) is 4.75. The number of Topliss-reactive ketones (excluding diaryl/α,β-unsaturated/α-hetero) is 1. The van der Waals surface area contributed by atoms with Crippen LogP contribution in [0, 0.1) is 0 Å². The molecule has 58 valence electrons. The highest BCUT2D eigenvalue weighted by Gasteiger charge is 2.39. The zero-order valence-electron chi connectivity index (χ0n) is 6.29. The van der Waals surface area contributed by atoms with Gasteiger partial charge in [-0.1, -0.05) is 0 Å². The molecule has 3 heteroatoms. The van der Waals surface area contributed by atoms with Gasteiger partial charge < -0.3 is 4.74 Å². The standard InChI is InChI=1S/C7H12O2S/c1-3-9-6-4-5(8)7(6)10-2/h6-7H,3-4H2,1-2H3/t6-,7-/m1/s1. The Balaban J connectivity index is 2.30. The first kappa shape index (κ1) is 8.08. The SMILES string of the molecule is CCO[C@@H]1CC(=O)[C@H]1SC. The van der Waals surface area contributed by atoms with Crippen molar-refractivity contribution in [3.05, 3.63) is 0 Å². The van der Waals surface area contributed by atoms with Gasteiger partial charge in [0.1, 0.15) is 0 Å². The maximum atomic E-state index is 10.8. The molecule has 0 bridgehead atoms. The van der Waals surface area contributed by atoms with Crippen LogP contribution in [-0.2, 0) is 9.53 Å². The maximum Gasteiger partial charge on any atom is 0.151 e. The summed E-state index contributed by atoms with van der Waals surface area (Å²) in [5, 5.41) is 0.125. The normalized spacial score (nSPS) is 32.0. The van der Waals surface area contributed by atoms with Crippen LogP contribution in [0.2, 0.25) is 0 Å². The van der Waals surface area contributed by atoms with Crippen molar-refractivity contribution in [1.82, 2.24) is 0 Å². The van der Waals surface area contributed by atoms with Crippen LogP contribution in [0.3, 0.4) is 0 Å². The monoisotopic (exact) mass is 160 g/mol. The van der Waals surface area contributed by atoms with E-state index in [9.17, 15) is 4.79 Å². The minimum atomic E-state index is 0.125. The average Bonchev–Trinajstić information content (AvgIpc) is 1.88. The molecule has 0 aromatic carbocycles. The van der Waals surface area contributed by atoms with E-state index in [-0.39, 0.29) is 11.4 Å². The third-order valence-electron chi connectivity index (χ3n) is 1.69. The third kappa shape index (κ3) is 1.35. The molecule has 0 spiro atoms. The molecule has 1 aliphatic carbocycles. The fourth-order valence-electron chi connectivity index (χ4n) is 1.11. The van der Waals surface area contributed by atoms with E-state index in [4.69, 9.17) is 4.74 Å². The molecule has 1 fully saturated rings. The predicted molar refractivity (Wildman–Crippen MR) is 42.3 cm³/mol. The van der Waals surface area contributed by atoms with Crippen LogP contribution in [0.5, 0.6) is 0 Å². The van der Waals surface area contributed by atoms with E-state index in [1.165, 1.54) is 0 Å². The molecule has 10 heavy (non-hydrogen) atoms. The Labute approximate surface area is 65.3 Å². The smallest absolute Gasteiger partial charge is 0.151 e. The van der Waals surface area contributed by atoms with Crippen LogP contribution in [0.25, 0.3) is 0 Å². The number of ketones is 1. The van der Waals surface area contributed by atoms with Crippen LogP contribution < -0.4 is 0 Å². The highest BCUT2D eigenvalue weighted by molar-refractivity contribution is 8.00. The van der Waals surface area contributed by atoms with E-state index in [1.807, 2.05) is 13.2 Å². The van der Waals surface area contributed by atoms with Gasteiger partial charge in [-0.05, 0) is 13.2 Å². The van der Waals surface area contributed by atoms with Gasteiger partial charge in [-0.15, -0.1) is 0 Å². The number of carbonyl (C=O) groups excluding carboxylic acids is 1. The molecule has 1 aliphatic rings. The summed E-state index contributed by atoms with van der Waals surface area (Å²) in [5.74, 6) is 0.339. The van der Waals surface area contributed by atoms with Gasteiger partial charge in [-0.25, -0.2) is 0 Å². The molecular weight excluding hydrogens is 148 g/mol. The molecule has 2 atom stereocenters. The number of thioether (sulfide) groups is 1. The topological polar surface area (TPSA) is 26.3 Å². The fourth-order valence-corrected chi connectivity index (χ4v) is 1.95. The quantitative estimate of drug-likeness (QED) is 0.618. The molecule has 0 aromatic heterocycles. The summed E-state index contributed by atoms with van der Waals surface area (Å²) in [6, 6.07) is 0. The molecule has 0 N–H and O–H groups in total. The lowest BCUT2D eigenvalue weighted by atomic mass is 9.93. The zero-order chi connectivity index (χ0) is 7.56. The third-order valence-corrected chi connectivity index (χ3v) is 2.77. The van der Waals surface area contributed by atoms with E-state index >= 15 is 0 Å². The number of hydrogen-bond acceptors (Lipinski definition) is 3. The minimum Gasteiger partial charge on any atom is -0.376 e. The van der Waals surface area contributed by atoms with Crippen molar-refractivity contribution in [2.45, 2.75) is 24.7 Å². The summed E-state index contributed by atoms with van der Waals surface area (Å²) < 4.78 is 5.31. The first-order chi connectivity index (χ1) is 4.79. The molecule has 0 radical (unpaired) electrons. The Morgan fingerprint density at radius 1 is 1.80 bits per heavy atom. The van der Waals surface area contributed by atoms with Crippen molar-refractivity contribution in [1.29, 1.82) is 0 Å². The van der Waals surface area contributed by atoms with Crippen molar-refractivity contribution >= 4 is 17.5 Å². The molecule has 1 rings (SSSR count). The van der Waals surface area contributed by atoms with Crippen molar-refractivity contribution in [3.63, 3.8) is 0 Å². The molecule has 0 saturated heterocycles. The van der Waals surface area contributed by atoms with Crippen molar-refractivity contribution in [2.75, 3.05) is 12.9 Å². The van der Waals surface area contributed by atoms with Gasteiger partial charge in [-0.3, -0.25) is 4.79 Å². The van der Waals surface area contributed by atoms with E-state index < -0.39 is 0 Å². The Bertz CT molecular complexity index is 136. The summed E-state index contributed by atoms with van der Waals surface area (Å²) >= 11 is 1.59. The van der Waals surface area contributed by atoms with Crippen LogP contribution in [0.1, 0.15) is 13.3 Å². The Hall–Kier alpha value is -0.0200. The summed E-state index contributed by atoms with van der Waals surface area (Å²) in [4.78, 5) is 10.8. The van der Waals surface area contributed by atoms with Gasteiger partial charge in [-0.2, -0.15) is 11.8 Å². The number of carbonyl (C=O) groups is 1. The van der Waals surface area contributed by atoms with Crippen LogP contribution >= 0.6 is 11.8 Å². The maximum absolute atomic E-state index is 10.8. The lowest BCUT2D eigenvalue weighted by Crippen LogP contribution is -2.46. The van der Waals surface area contributed by atoms with Crippen LogP contribution in [0.4, 0.5) is 0 Å². The Morgan fingerprint density at radius 3 is 2.90 bits per heavy atom. The number of hydrogen-bond donors (Lipinski definition) is 0. The van der Waals surface area contributed by atoms with Crippen LogP contribution in [-0.4, -0.2) is 30.0 Å². The second-order valence-electron chi connectivity index (χ2n) is 2.32. The van der Waals surface area contributed by atoms with Crippen molar-refractivity contribution in [2.24, 2.45) is 0 Å². The summed E-state index contributed by atoms with van der Waals surface area (Å²) in [5.41, 5.74) is 0. The van der Waals surface area contributed by atoms with Gasteiger partial charge in [0.05, 0.1) is 11.4 Å². The highest BCUT2D eigenvalue weighted by atomic mass is 32.2. The molecule has 0 aliphatic heterocycles. The summed E-state index contributed by atoms with van der Waals surface area (Å²) in [7, 11) is 0. The zero-order valence-corrected chi connectivity index (χ0v) is 7.11. The van der Waals surface area contributed by atoms with E-state index in [0.717, 1.165) is 6.61 Å². The van der Waals surface area contributed by atoms with Crippen molar-refractivity contribution < 1.29 is 9.53 Å². The average molecular weight is 160 g/mol. The molecule has 0 heterocycles. The van der Waals surface area contributed by atoms with Gasteiger partial charge >= 0.3 is 0 Å². The number of ether oxygens (including phenoxy) is 1.